The van der Waals surface area contributed by atoms with Crippen molar-refractivity contribution in [2.45, 2.75) is 52.6 Å². The van der Waals surface area contributed by atoms with E-state index in [2.05, 4.69) is 10.6 Å². The molecular formula is C15H28N2O8. The Labute approximate surface area is 146 Å². The first-order chi connectivity index (χ1) is 11.2. The van der Waals surface area contributed by atoms with Crippen molar-refractivity contribution < 1.29 is 39.3 Å². The minimum Gasteiger partial charge on any atom is -0.481 e. The van der Waals surface area contributed by atoms with Gasteiger partial charge in [-0.2, -0.15) is 9.59 Å². The fourth-order valence-corrected chi connectivity index (χ4v) is 1.72. The standard InChI is InChI=1S/C13H24N2O6.CO2.CH4/c1-3-9(12(18)19)14-7-5-10(13(20)21)15-6-4-8(2)11(16)17;2-1-3;/h8-10,14-15H,3-7H2,1-2H3,(H,16,17)(H,18,19)(H,20,21);;1H4/t8-,9-,10-;;/m0../s1. The number of nitrogens with one attached hydrogen (secondary N) is 2. The predicted octanol–water partition coefficient (Wildman–Crippen LogP) is 0.0355. The zero-order valence-corrected chi connectivity index (χ0v) is 13.7. The van der Waals surface area contributed by atoms with Gasteiger partial charge in [0.05, 0.1) is 5.92 Å². The van der Waals surface area contributed by atoms with Gasteiger partial charge < -0.3 is 26.0 Å². The largest absolute Gasteiger partial charge is 0.481 e. The van der Waals surface area contributed by atoms with Crippen LogP contribution in [0.15, 0.2) is 0 Å². The number of carbonyl (C=O) groups is 3. The van der Waals surface area contributed by atoms with Crippen LogP contribution in [0.2, 0.25) is 0 Å². The second-order valence-corrected chi connectivity index (χ2v) is 5.00. The average Bonchev–Trinajstić information content (AvgIpc) is 2.49. The zero-order valence-electron chi connectivity index (χ0n) is 13.7. The van der Waals surface area contributed by atoms with E-state index in [0.29, 0.717) is 12.8 Å². The van der Waals surface area contributed by atoms with Gasteiger partial charge in [0, 0.05) is 0 Å². The van der Waals surface area contributed by atoms with Crippen LogP contribution in [0.3, 0.4) is 0 Å². The molecule has 3 atom stereocenters. The van der Waals surface area contributed by atoms with Crippen LogP contribution in [-0.2, 0) is 24.0 Å². The SMILES string of the molecule is C.CC[C@H](NCC[C@H](NCC[C@H](C)C(=O)O)C(=O)O)C(=O)O.O=C=O. The summed E-state index contributed by atoms with van der Waals surface area (Å²) < 4.78 is 0. The monoisotopic (exact) mass is 364 g/mol. The molecule has 0 radical (unpaired) electrons. The van der Waals surface area contributed by atoms with E-state index in [1.54, 1.807) is 13.8 Å². The van der Waals surface area contributed by atoms with Crippen LogP contribution in [0, 0.1) is 5.92 Å². The first-order valence-corrected chi connectivity index (χ1v) is 7.35. The highest BCUT2D eigenvalue weighted by Gasteiger charge is 2.19. The minimum absolute atomic E-state index is 0. The van der Waals surface area contributed by atoms with E-state index in [0.717, 1.165) is 0 Å². The molecule has 0 aliphatic carbocycles. The van der Waals surface area contributed by atoms with E-state index >= 15 is 0 Å². The molecule has 0 unspecified atom stereocenters. The van der Waals surface area contributed by atoms with Crippen molar-refractivity contribution in [2.24, 2.45) is 5.92 Å². The molecule has 10 heteroatoms. The van der Waals surface area contributed by atoms with E-state index in [-0.39, 0.29) is 33.1 Å². The molecule has 0 saturated carbocycles. The molecule has 0 bridgehead atoms. The van der Waals surface area contributed by atoms with Crippen molar-refractivity contribution in [2.75, 3.05) is 13.1 Å². The highest BCUT2D eigenvalue weighted by molar-refractivity contribution is 5.74. The summed E-state index contributed by atoms with van der Waals surface area (Å²) in [6, 6.07) is -1.52. The Morgan fingerprint density at radius 2 is 1.28 bits per heavy atom. The molecule has 0 aliphatic heterocycles. The molecule has 146 valence electrons. The van der Waals surface area contributed by atoms with E-state index in [1.165, 1.54) is 0 Å². The smallest absolute Gasteiger partial charge is 0.373 e. The third kappa shape index (κ3) is 15.0. The maximum atomic E-state index is 11.1. The molecule has 0 spiro atoms. The van der Waals surface area contributed by atoms with Crippen LogP contribution in [0.4, 0.5) is 0 Å². The molecule has 0 saturated heterocycles. The molecule has 10 nitrogen and oxygen atoms in total. The van der Waals surface area contributed by atoms with Crippen LogP contribution in [0.25, 0.3) is 0 Å². The Morgan fingerprint density at radius 3 is 1.64 bits per heavy atom. The number of carboxylic acids is 3. The molecule has 0 heterocycles. The Kier molecular flexibility index (Phi) is 18.3. The van der Waals surface area contributed by atoms with Crippen molar-refractivity contribution in [1.29, 1.82) is 0 Å². The maximum absolute atomic E-state index is 11.1. The second kappa shape index (κ2) is 16.6. The minimum atomic E-state index is -1.04. The molecule has 0 aromatic carbocycles. The second-order valence-electron chi connectivity index (χ2n) is 5.00. The lowest BCUT2D eigenvalue weighted by molar-refractivity contribution is -0.191. The number of carboxylic acid groups (broad SMARTS) is 3. The molecule has 0 aliphatic rings. The van der Waals surface area contributed by atoms with Gasteiger partial charge in [-0.05, 0) is 32.4 Å². The fraction of sp³-hybridized carbons (Fsp3) is 0.733. The van der Waals surface area contributed by atoms with Crippen LogP contribution in [0.1, 0.15) is 40.5 Å². The van der Waals surface area contributed by atoms with Crippen LogP contribution in [0.5, 0.6) is 0 Å². The van der Waals surface area contributed by atoms with Gasteiger partial charge in [-0.3, -0.25) is 14.4 Å². The molecule has 0 fully saturated rings. The van der Waals surface area contributed by atoms with Gasteiger partial charge in [0.15, 0.2) is 0 Å². The van der Waals surface area contributed by atoms with Crippen LogP contribution < -0.4 is 10.6 Å². The quantitative estimate of drug-likeness (QED) is 0.318. The summed E-state index contributed by atoms with van der Waals surface area (Å²) in [6.07, 6.45) is 1.22. The van der Waals surface area contributed by atoms with Crippen LogP contribution >= 0.6 is 0 Å². The Morgan fingerprint density at radius 1 is 0.880 bits per heavy atom. The van der Waals surface area contributed by atoms with E-state index in [1.807, 2.05) is 0 Å². The van der Waals surface area contributed by atoms with Crippen LogP contribution in [-0.4, -0.2) is 64.6 Å². The molecule has 0 aromatic heterocycles. The molecule has 0 aromatic rings. The van der Waals surface area contributed by atoms with E-state index in [9.17, 15) is 14.4 Å². The van der Waals surface area contributed by atoms with Gasteiger partial charge in [0.1, 0.15) is 12.1 Å². The van der Waals surface area contributed by atoms with Gasteiger partial charge in [-0.15, -0.1) is 0 Å². The van der Waals surface area contributed by atoms with Gasteiger partial charge in [-0.1, -0.05) is 21.3 Å². The lowest BCUT2D eigenvalue weighted by atomic mass is 10.1. The molecular weight excluding hydrogens is 336 g/mol. The van der Waals surface area contributed by atoms with Crippen molar-refractivity contribution in [3.63, 3.8) is 0 Å². The summed E-state index contributed by atoms with van der Waals surface area (Å²) in [5, 5.41) is 32.2. The van der Waals surface area contributed by atoms with E-state index in [4.69, 9.17) is 24.9 Å². The highest BCUT2D eigenvalue weighted by Crippen LogP contribution is 2.01. The number of hydrogen-bond acceptors (Lipinski definition) is 7. The van der Waals surface area contributed by atoms with Gasteiger partial charge >= 0.3 is 24.1 Å². The topological polar surface area (TPSA) is 170 Å². The summed E-state index contributed by atoms with van der Waals surface area (Å²) in [7, 11) is 0. The number of carbonyl (C=O) groups excluding carboxylic acids is 2. The average molecular weight is 364 g/mol. The first-order valence-electron chi connectivity index (χ1n) is 7.35. The summed E-state index contributed by atoms with van der Waals surface area (Å²) in [5.74, 6) is -3.46. The zero-order chi connectivity index (χ0) is 19.1. The Balaban J connectivity index is -0.00000112. The summed E-state index contributed by atoms with van der Waals surface area (Å²) in [6.45, 7) is 3.82. The molecule has 0 amide bonds. The lowest BCUT2D eigenvalue weighted by Gasteiger charge is -2.17. The lowest BCUT2D eigenvalue weighted by Crippen LogP contribution is -2.43. The maximum Gasteiger partial charge on any atom is 0.373 e. The van der Waals surface area contributed by atoms with E-state index < -0.39 is 35.9 Å². The number of rotatable bonds is 12. The van der Waals surface area contributed by atoms with Crippen molar-refractivity contribution in [3.8, 4) is 0 Å². The summed E-state index contributed by atoms with van der Waals surface area (Å²) >= 11 is 0. The third-order valence-electron chi connectivity index (χ3n) is 3.22. The number of hydrogen-bond donors (Lipinski definition) is 5. The third-order valence-corrected chi connectivity index (χ3v) is 3.22. The number of aliphatic carboxylic acids is 3. The summed E-state index contributed by atoms with van der Waals surface area (Å²) in [4.78, 5) is 48.8. The Hall–Kier alpha value is -2.29. The first kappa shape index (κ1) is 27.6. The van der Waals surface area contributed by atoms with Gasteiger partial charge in [-0.25, -0.2) is 0 Å². The van der Waals surface area contributed by atoms with Gasteiger partial charge in [0.2, 0.25) is 0 Å². The van der Waals surface area contributed by atoms with Crippen molar-refractivity contribution in [3.05, 3.63) is 0 Å². The summed E-state index contributed by atoms with van der Waals surface area (Å²) in [5.41, 5.74) is 0. The Bertz CT molecular complexity index is 435. The van der Waals surface area contributed by atoms with Gasteiger partial charge in [0.25, 0.3) is 0 Å². The molecule has 25 heavy (non-hydrogen) atoms. The molecule has 0 rings (SSSR count). The van der Waals surface area contributed by atoms with Crippen molar-refractivity contribution >= 4 is 24.1 Å². The molecule has 5 N–H and O–H groups in total. The normalized spacial score (nSPS) is 13.0. The van der Waals surface area contributed by atoms with Crippen molar-refractivity contribution in [1.82, 2.24) is 10.6 Å². The fourth-order valence-electron chi connectivity index (χ4n) is 1.72. The predicted molar refractivity (Wildman–Crippen MR) is 86.9 cm³/mol. The highest BCUT2D eigenvalue weighted by atomic mass is 16.4.